The molecule has 2 N–H and O–H groups in total. The van der Waals surface area contributed by atoms with Crippen molar-refractivity contribution in [3.05, 3.63) is 59.7 Å². The quantitative estimate of drug-likeness (QED) is 0.574. The zero-order valence-electron chi connectivity index (χ0n) is 11.9. The van der Waals surface area contributed by atoms with E-state index in [1.165, 1.54) is 7.11 Å². The van der Waals surface area contributed by atoms with Gasteiger partial charge in [0.1, 0.15) is 0 Å². The highest BCUT2D eigenvalue weighted by atomic mass is 16.5. The van der Waals surface area contributed by atoms with Crippen molar-refractivity contribution >= 4 is 28.8 Å². The van der Waals surface area contributed by atoms with Gasteiger partial charge in [-0.2, -0.15) is 0 Å². The molecule has 0 aliphatic carbocycles. The summed E-state index contributed by atoms with van der Waals surface area (Å²) in [5.41, 5.74) is 2.48. The van der Waals surface area contributed by atoms with Gasteiger partial charge in [0.25, 0.3) is 0 Å². The molecule has 0 saturated heterocycles. The predicted molar refractivity (Wildman–Crippen MR) is 85.0 cm³/mol. The molecule has 22 heavy (non-hydrogen) atoms. The molecule has 1 heterocycles. The summed E-state index contributed by atoms with van der Waals surface area (Å²) < 4.78 is 4.68. The van der Waals surface area contributed by atoms with E-state index in [4.69, 9.17) is 0 Å². The topological polar surface area (TPSA) is 74.7 Å². The van der Waals surface area contributed by atoms with Crippen LogP contribution in [0.3, 0.4) is 0 Å². The maximum absolute atomic E-state index is 11.5. The number of hydrogen-bond acceptors (Lipinski definition) is 4. The number of methoxy groups -OCH3 is 1. The Morgan fingerprint density at radius 1 is 1.23 bits per heavy atom. The third-order valence-corrected chi connectivity index (χ3v) is 3.34. The molecule has 0 aliphatic heterocycles. The molecule has 0 aliphatic rings. The molecule has 3 aromatic rings. The lowest BCUT2D eigenvalue weighted by atomic mass is 10.2. The molecular weight excluding hydrogens is 280 g/mol. The molecule has 2 aromatic carbocycles. The second kappa shape index (κ2) is 5.73. The van der Waals surface area contributed by atoms with Crippen LogP contribution < -0.4 is 0 Å². The molecule has 0 saturated carbocycles. The first kappa shape index (κ1) is 13.9. The van der Waals surface area contributed by atoms with Gasteiger partial charge in [-0.15, -0.1) is 0 Å². The standard InChI is InChI=1S/C17H14N2O3/c1-22-17(21)11-5-4-6-12(9-11)18-10-14-13-7-2-3-8-15(13)19-16(14)20/h2-10,19-20H,1H3. The normalized spacial score (nSPS) is 11.1. The minimum atomic E-state index is -0.410. The number of esters is 1. The summed E-state index contributed by atoms with van der Waals surface area (Å²) in [6.45, 7) is 0. The van der Waals surface area contributed by atoms with Crippen LogP contribution in [0.25, 0.3) is 10.9 Å². The first-order valence-corrected chi connectivity index (χ1v) is 6.71. The van der Waals surface area contributed by atoms with E-state index in [0.717, 1.165) is 10.9 Å². The van der Waals surface area contributed by atoms with Gasteiger partial charge < -0.3 is 14.8 Å². The van der Waals surface area contributed by atoms with Crippen LogP contribution in [0.2, 0.25) is 0 Å². The minimum absolute atomic E-state index is 0.0640. The summed E-state index contributed by atoms with van der Waals surface area (Å²) >= 11 is 0. The molecule has 3 rings (SSSR count). The third kappa shape index (κ3) is 2.56. The summed E-state index contributed by atoms with van der Waals surface area (Å²) in [5.74, 6) is -0.346. The van der Waals surface area contributed by atoms with Crippen molar-refractivity contribution in [2.75, 3.05) is 7.11 Å². The summed E-state index contributed by atoms with van der Waals surface area (Å²) in [6.07, 6.45) is 1.57. The number of nitrogens with one attached hydrogen (secondary N) is 1. The first-order valence-electron chi connectivity index (χ1n) is 6.71. The monoisotopic (exact) mass is 294 g/mol. The highest BCUT2D eigenvalue weighted by molar-refractivity contribution is 6.02. The molecule has 0 atom stereocenters. The van der Waals surface area contributed by atoms with Gasteiger partial charge in [0.05, 0.1) is 23.9 Å². The number of carbonyl (C=O) groups is 1. The number of ether oxygens (including phenoxy) is 1. The van der Waals surface area contributed by atoms with Crippen LogP contribution in [-0.2, 0) is 4.74 Å². The lowest BCUT2D eigenvalue weighted by molar-refractivity contribution is 0.0601. The van der Waals surface area contributed by atoms with Crippen molar-refractivity contribution in [3.63, 3.8) is 0 Å². The smallest absolute Gasteiger partial charge is 0.337 e. The van der Waals surface area contributed by atoms with Crippen molar-refractivity contribution in [2.45, 2.75) is 0 Å². The maximum Gasteiger partial charge on any atom is 0.337 e. The molecule has 0 radical (unpaired) electrons. The molecule has 0 amide bonds. The van der Waals surface area contributed by atoms with E-state index in [1.807, 2.05) is 24.3 Å². The fourth-order valence-corrected chi connectivity index (χ4v) is 2.25. The molecule has 0 unspecified atom stereocenters. The molecule has 1 aromatic heterocycles. The molecule has 0 fully saturated rings. The Hall–Kier alpha value is -3.08. The number of aromatic nitrogens is 1. The van der Waals surface area contributed by atoms with Crippen molar-refractivity contribution in [2.24, 2.45) is 4.99 Å². The van der Waals surface area contributed by atoms with Crippen LogP contribution in [0.4, 0.5) is 5.69 Å². The van der Waals surface area contributed by atoms with Gasteiger partial charge in [-0.3, -0.25) is 4.99 Å². The zero-order chi connectivity index (χ0) is 15.5. The van der Waals surface area contributed by atoms with E-state index in [-0.39, 0.29) is 5.88 Å². The number of hydrogen-bond donors (Lipinski definition) is 2. The summed E-state index contributed by atoms with van der Waals surface area (Å²) in [4.78, 5) is 18.7. The average molecular weight is 294 g/mol. The van der Waals surface area contributed by atoms with Crippen molar-refractivity contribution in [3.8, 4) is 5.88 Å². The number of rotatable bonds is 3. The fraction of sp³-hybridized carbons (Fsp3) is 0.0588. The number of carbonyl (C=O) groups excluding carboxylic acids is 1. The van der Waals surface area contributed by atoms with Crippen molar-refractivity contribution in [1.29, 1.82) is 0 Å². The van der Waals surface area contributed by atoms with Crippen molar-refractivity contribution in [1.82, 2.24) is 4.98 Å². The van der Waals surface area contributed by atoms with Gasteiger partial charge in [0, 0.05) is 17.1 Å². The van der Waals surface area contributed by atoms with E-state index in [2.05, 4.69) is 14.7 Å². The van der Waals surface area contributed by atoms with Crippen LogP contribution in [0.15, 0.2) is 53.5 Å². The molecule has 0 spiro atoms. The van der Waals surface area contributed by atoms with Gasteiger partial charge in [0.2, 0.25) is 0 Å². The SMILES string of the molecule is COC(=O)c1cccc(N=Cc2c(O)[nH]c3ccccc23)c1. The van der Waals surface area contributed by atoms with E-state index in [9.17, 15) is 9.90 Å². The number of H-pyrrole nitrogens is 1. The van der Waals surface area contributed by atoms with E-state index in [0.29, 0.717) is 16.8 Å². The summed E-state index contributed by atoms with van der Waals surface area (Å²) in [7, 11) is 1.34. The van der Waals surface area contributed by atoms with Crippen LogP contribution in [0.5, 0.6) is 5.88 Å². The number of aliphatic imine (C=N–C) groups is 1. The Balaban J connectivity index is 1.96. The van der Waals surface area contributed by atoms with Gasteiger partial charge >= 0.3 is 5.97 Å². The van der Waals surface area contributed by atoms with Crippen molar-refractivity contribution < 1.29 is 14.6 Å². The van der Waals surface area contributed by atoms with Gasteiger partial charge in [0.15, 0.2) is 5.88 Å². The Morgan fingerprint density at radius 2 is 2.05 bits per heavy atom. The van der Waals surface area contributed by atoms with Crippen LogP contribution >= 0.6 is 0 Å². The third-order valence-electron chi connectivity index (χ3n) is 3.34. The maximum atomic E-state index is 11.5. The first-order chi connectivity index (χ1) is 10.7. The van der Waals surface area contributed by atoms with E-state index >= 15 is 0 Å². The fourth-order valence-electron chi connectivity index (χ4n) is 2.25. The molecule has 5 nitrogen and oxygen atoms in total. The van der Waals surface area contributed by atoms with E-state index in [1.54, 1.807) is 30.5 Å². The van der Waals surface area contributed by atoms with Crippen LogP contribution in [0, 0.1) is 0 Å². The number of para-hydroxylation sites is 1. The van der Waals surface area contributed by atoms with Crippen LogP contribution in [0.1, 0.15) is 15.9 Å². The van der Waals surface area contributed by atoms with E-state index < -0.39 is 5.97 Å². The molecule has 110 valence electrons. The Bertz CT molecular complexity index is 865. The lowest BCUT2D eigenvalue weighted by Gasteiger charge is -2.00. The summed E-state index contributed by atoms with van der Waals surface area (Å²) in [6, 6.07) is 14.4. The number of nitrogens with zero attached hydrogens (tertiary/aromatic N) is 1. The number of aromatic hydroxyl groups is 1. The highest BCUT2D eigenvalue weighted by Gasteiger charge is 2.08. The van der Waals surface area contributed by atoms with Crippen LogP contribution in [-0.4, -0.2) is 29.4 Å². The predicted octanol–water partition coefficient (Wildman–Crippen LogP) is 3.41. The number of benzene rings is 2. The average Bonchev–Trinajstić information content (AvgIpc) is 2.87. The highest BCUT2D eigenvalue weighted by Crippen LogP contribution is 2.26. The second-order valence-electron chi connectivity index (χ2n) is 4.73. The van der Waals surface area contributed by atoms with Gasteiger partial charge in [-0.1, -0.05) is 24.3 Å². The summed E-state index contributed by atoms with van der Waals surface area (Å²) in [5, 5.41) is 10.9. The largest absolute Gasteiger partial charge is 0.494 e. The number of fused-ring (bicyclic) bond motifs is 1. The van der Waals surface area contributed by atoms with Gasteiger partial charge in [-0.05, 0) is 24.3 Å². The molecule has 0 bridgehead atoms. The minimum Gasteiger partial charge on any atom is -0.494 e. The molecular formula is C17H14N2O3. The Morgan fingerprint density at radius 3 is 2.86 bits per heavy atom. The second-order valence-corrected chi connectivity index (χ2v) is 4.73. The lowest BCUT2D eigenvalue weighted by Crippen LogP contribution is -1.99. The Labute approximate surface area is 126 Å². The van der Waals surface area contributed by atoms with Gasteiger partial charge in [-0.25, -0.2) is 4.79 Å². The zero-order valence-corrected chi connectivity index (χ0v) is 11.9. The molecule has 5 heteroatoms. The number of aromatic amines is 1. The Kier molecular flexibility index (Phi) is 3.62.